The van der Waals surface area contributed by atoms with Crippen molar-refractivity contribution < 1.29 is 0 Å². The molecule has 1 atom stereocenters. The Hall–Kier alpha value is -1.02. The Kier molecular flexibility index (Phi) is 2.70. The van der Waals surface area contributed by atoms with E-state index < -0.39 is 0 Å². The maximum atomic E-state index is 3.67. The lowest BCUT2D eigenvalue weighted by molar-refractivity contribution is 0.351. The summed E-state index contributed by atoms with van der Waals surface area (Å²) in [4.78, 5) is 0. The highest BCUT2D eigenvalue weighted by Crippen LogP contribution is 2.30. The van der Waals surface area contributed by atoms with Crippen molar-refractivity contribution in [3.63, 3.8) is 0 Å². The van der Waals surface area contributed by atoms with Gasteiger partial charge >= 0.3 is 0 Å². The molecular weight excluding hydrogens is 184 g/mol. The molecule has 0 aromatic heterocycles. The molecule has 0 spiro atoms. The Morgan fingerprint density at radius 1 is 1.27 bits per heavy atom. The zero-order valence-electron chi connectivity index (χ0n) is 9.80. The number of fused-ring (bicyclic) bond motifs is 1. The van der Waals surface area contributed by atoms with E-state index in [0.717, 1.165) is 13.0 Å². The number of hydrogen-bond donors (Lipinski definition) is 2. The molecule has 2 nitrogen and oxygen atoms in total. The molecule has 0 saturated carbocycles. The van der Waals surface area contributed by atoms with Crippen LogP contribution in [0.2, 0.25) is 0 Å². The molecule has 2 heteroatoms. The summed E-state index contributed by atoms with van der Waals surface area (Å²) in [5.74, 6) is 0. The molecule has 0 fully saturated rings. The first kappa shape index (κ1) is 10.5. The average Bonchev–Trinajstić information content (AvgIpc) is 2.16. The van der Waals surface area contributed by atoms with Crippen molar-refractivity contribution in [1.82, 2.24) is 5.32 Å². The van der Waals surface area contributed by atoms with Crippen LogP contribution in [0.4, 0.5) is 5.69 Å². The van der Waals surface area contributed by atoms with Gasteiger partial charge in [-0.3, -0.25) is 0 Å². The van der Waals surface area contributed by atoms with E-state index in [1.165, 1.54) is 11.3 Å². The van der Waals surface area contributed by atoms with Crippen molar-refractivity contribution in [2.24, 2.45) is 0 Å². The summed E-state index contributed by atoms with van der Waals surface area (Å²) in [6, 6.07) is 9.06. The first-order chi connectivity index (χ1) is 7.06. The van der Waals surface area contributed by atoms with Gasteiger partial charge in [0.2, 0.25) is 0 Å². The summed E-state index contributed by atoms with van der Waals surface area (Å²) in [5.41, 5.74) is 2.86. The van der Waals surface area contributed by atoms with Crippen molar-refractivity contribution in [2.75, 3.05) is 11.9 Å². The smallest absolute Gasteiger partial charge is 0.0388 e. The third-order valence-corrected chi connectivity index (χ3v) is 2.69. The monoisotopic (exact) mass is 204 g/mol. The minimum absolute atomic E-state index is 0.176. The molecule has 82 valence electrons. The van der Waals surface area contributed by atoms with Gasteiger partial charge in [0.25, 0.3) is 0 Å². The molecule has 0 radical (unpaired) electrons. The second-order valence-electron chi connectivity index (χ2n) is 5.25. The van der Waals surface area contributed by atoms with Gasteiger partial charge in [-0.1, -0.05) is 18.2 Å². The van der Waals surface area contributed by atoms with Gasteiger partial charge < -0.3 is 10.6 Å². The predicted molar refractivity (Wildman–Crippen MR) is 65.2 cm³/mol. The standard InChI is InChI=1S/C13H20N2/c1-13(2,3)15-12-8-9-14-11-7-5-4-6-10(11)12/h4-7,12,14-15H,8-9H2,1-3H3. The Bertz CT molecular complexity index is 339. The highest BCUT2D eigenvalue weighted by molar-refractivity contribution is 5.54. The maximum Gasteiger partial charge on any atom is 0.0388 e. The van der Waals surface area contributed by atoms with Crippen LogP contribution >= 0.6 is 0 Å². The molecule has 1 aromatic rings. The summed E-state index contributed by atoms with van der Waals surface area (Å²) in [7, 11) is 0. The number of rotatable bonds is 1. The van der Waals surface area contributed by atoms with Gasteiger partial charge in [-0.25, -0.2) is 0 Å². The maximum absolute atomic E-state index is 3.67. The number of anilines is 1. The average molecular weight is 204 g/mol. The van der Waals surface area contributed by atoms with E-state index in [1.54, 1.807) is 0 Å². The molecule has 1 aromatic carbocycles. The van der Waals surface area contributed by atoms with Crippen LogP contribution in [-0.2, 0) is 0 Å². The molecule has 0 bridgehead atoms. The molecule has 1 aliphatic heterocycles. The molecule has 0 amide bonds. The first-order valence-corrected chi connectivity index (χ1v) is 5.67. The molecular formula is C13H20N2. The van der Waals surface area contributed by atoms with Crippen molar-refractivity contribution in [3.8, 4) is 0 Å². The fraction of sp³-hybridized carbons (Fsp3) is 0.538. The fourth-order valence-electron chi connectivity index (χ4n) is 2.14. The lowest BCUT2D eigenvalue weighted by Crippen LogP contribution is -2.41. The highest BCUT2D eigenvalue weighted by Gasteiger charge is 2.23. The van der Waals surface area contributed by atoms with Gasteiger partial charge in [-0.2, -0.15) is 0 Å². The minimum Gasteiger partial charge on any atom is -0.385 e. The molecule has 15 heavy (non-hydrogen) atoms. The third-order valence-electron chi connectivity index (χ3n) is 2.69. The van der Waals surface area contributed by atoms with Gasteiger partial charge in [-0.05, 0) is 38.8 Å². The van der Waals surface area contributed by atoms with Crippen molar-refractivity contribution in [2.45, 2.75) is 38.8 Å². The highest BCUT2D eigenvalue weighted by atomic mass is 15.0. The van der Waals surface area contributed by atoms with Gasteiger partial charge in [0.15, 0.2) is 0 Å². The van der Waals surface area contributed by atoms with Gasteiger partial charge in [-0.15, -0.1) is 0 Å². The molecule has 1 aliphatic rings. The summed E-state index contributed by atoms with van der Waals surface area (Å²) in [6.07, 6.45) is 1.16. The Balaban J connectivity index is 2.22. The Morgan fingerprint density at radius 3 is 2.73 bits per heavy atom. The molecule has 1 heterocycles. The molecule has 0 aliphatic carbocycles. The van der Waals surface area contributed by atoms with E-state index in [2.05, 4.69) is 55.7 Å². The normalized spacial score (nSPS) is 20.6. The van der Waals surface area contributed by atoms with Crippen LogP contribution in [0.3, 0.4) is 0 Å². The zero-order chi connectivity index (χ0) is 10.9. The van der Waals surface area contributed by atoms with Crippen LogP contribution in [0.5, 0.6) is 0 Å². The summed E-state index contributed by atoms with van der Waals surface area (Å²) in [6.45, 7) is 7.72. The topological polar surface area (TPSA) is 24.1 Å². The van der Waals surface area contributed by atoms with E-state index in [-0.39, 0.29) is 5.54 Å². The van der Waals surface area contributed by atoms with Crippen LogP contribution in [-0.4, -0.2) is 12.1 Å². The van der Waals surface area contributed by atoms with Gasteiger partial charge in [0.05, 0.1) is 0 Å². The quantitative estimate of drug-likeness (QED) is 0.735. The predicted octanol–water partition coefficient (Wildman–Crippen LogP) is 2.93. The van der Waals surface area contributed by atoms with Crippen molar-refractivity contribution >= 4 is 5.69 Å². The molecule has 0 saturated heterocycles. The zero-order valence-corrected chi connectivity index (χ0v) is 9.80. The van der Waals surface area contributed by atoms with Crippen LogP contribution < -0.4 is 10.6 Å². The van der Waals surface area contributed by atoms with E-state index in [4.69, 9.17) is 0 Å². The lowest BCUT2D eigenvalue weighted by Gasteiger charge is -2.33. The van der Waals surface area contributed by atoms with E-state index in [0.29, 0.717) is 6.04 Å². The largest absolute Gasteiger partial charge is 0.385 e. The van der Waals surface area contributed by atoms with Crippen molar-refractivity contribution in [1.29, 1.82) is 0 Å². The van der Waals surface area contributed by atoms with E-state index in [1.807, 2.05) is 0 Å². The number of benzene rings is 1. The summed E-state index contributed by atoms with van der Waals surface area (Å²) < 4.78 is 0. The second kappa shape index (κ2) is 3.86. The summed E-state index contributed by atoms with van der Waals surface area (Å²) >= 11 is 0. The number of hydrogen-bond acceptors (Lipinski definition) is 2. The van der Waals surface area contributed by atoms with Crippen molar-refractivity contribution in [3.05, 3.63) is 29.8 Å². The fourth-order valence-corrected chi connectivity index (χ4v) is 2.14. The molecule has 1 unspecified atom stereocenters. The van der Waals surface area contributed by atoms with Crippen LogP contribution in [0.1, 0.15) is 38.8 Å². The second-order valence-corrected chi connectivity index (χ2v) is 5.25. The SMILES string of the molecule is CC(C)(C)NC1CCNc2ccccc21. The molecule has 2 N–H and O–H groups in total. The van der Waals surface area contributed by atoms with Gasteiger partial charge in [0.1, 0.15) is 0 Å². The number of para-hydroxylation sites is 1. The first-order valence-electron chi connectivity index (χ1n) is 5.67. The Morgan fingerprint density at radius 2 is 2.00 bits per heavy atom. The Labute approximate surface area is 92.1 Å². The van der Waals surface area contributed by atoms with Crippen LogP contribution in [0, 0.1) is 0 Å². The number of nitrogens with one attached hydrogen (secondary N) is 2. The third kappa shape index (κ3) is 2.51. The van der Waals surface area contributed by atoms with E-state index in [9.17, 15) is 0 Å². The molecule has 2 rings (SSSR count). The van der Waals surface area contributed by atoms with E-state index >= 15 is 0 Å². The van der Waals surface area contributed by atoms with Crippen LogP contribution in [0.15, 0.2) is 24.3 Å². The van der Waals surface area contributed by atoms with Crippen LogP contribution in [0.25, 0.3) is 0 Å². The summed E-state index contributed by atoms with van der Waals surface area (Å²) in [5, 5.41) is 7.11. The minimum atomic E-state index is 0.176. The van der Waals surface area contributed by atoms with Gasteiger partial charge in [0, 0.05) is 23.8 Å². The lowest BCUT2D eigenvalue weighted by atomic mass is 9.95.